The summed E-state index contributed by atoms with van der Waals surface area (Å²) in [4.78, 5) is 13.1. The van der Waals surface area contributed by atoms with Gasteiger partial charge in [-0.3, -0.25) is 0 Å². The number of rotatable bonds is 5. The first-order valence-corrected chi connectivity index (χ1v) is 9.74. The van der Waals surface area contributed by atoms with Crippen molar-refractivity contribution in [1.82, 2.24) is 9.97 Å². The quantitative estimate of drug-likeness (QED) is 0.673. The van der Waals surface area contributed by atoms with Crippen LogP contribution in [0.2, 0.25) is 0 Å². The minimum Gasteiger partial charge on any atom is -0.491 e. The fourth-order valence-corrected chi connectivity index (χ4v) is 4.02. The molecule has 7 heteroatoms. The van der Waals surface area contributed by atoms with E-state index in [0.717, 1.165) is 59.4 Å². The molecule has 1 aromatic carbocycles. The molecule has 0 bridgehead atoms. The molecule has 1 aliphatic rings. The number of hydrogen-bond acceptors (Lipinski definition) is 7. The van der Waals surface area contributed by atoms with Gasteiger partial charge in [0.15, 0.2) is 0 Å². The summed E-state index contributed by atoms with van der Waals surface area (Å²) in [5.41, 5.74) is 7.78. The predicted octanol–water partition coefficient (Wildman–Crippen LogP) is 3.16. The van der Waals surface area contributed by atoms with Crippen molar-refractivity contribution in [2.24, 2.45) is 5.73 Å². The van der Waals surface area contributed by atoms with Crippen LogP contribution in [0.5, 0.6) is 5.75 Å². The number of benzene rings is 1. The fourth-order valence-electron chi connectivity index (χ4n) is 3.10. The van der Waals surface area contributed by atoms with E-state index in [1.54, 1.807) is 11.3 Å². The maximum Gasteiger partial charge on any atom is 0.228 e. The molecule has 26 heavy (non-hydrogen) atoms. The summed E-state index contributed by atoms with van der Waals surface area (Å²) < 4.78 is 6.98. The molecule has 3 heterocycles. The Bertz CT molecular complexity index is 910. The van der Waals surface area contributed by atoms with Crippen LogP contribution in [0.25, 0.3) is 10.2 Å². The fraction of sp³-hybridized carbons (Fsp3) is 0.368. The number of aryl methyl sites for hydroxylation is 1. The molecule has 3 N–H and O–H groups in total. The Morgan fingerprint density at radius 2 is 2.19 bits per heavy atom. The lowest BCUT2D eigenvalue weighted by molar-refractivity contribution is 0.331. The van der Waals surface area contributed by atoms with Gasteiger partial charge in [0.25, 0.3) is 0 Å². The van der Waals surface area contributed by atoms with E-state index >= 15 is 0 Å². The second-order valence-electron chi connectivity index (χ2n) is 6.39. The van der Waals surface area contributed by atoms with Crippen LogP contribution < -0.4 is 20.7 Å². The lowest BCUT2D eigenvalue weighted by atomic mass is 10.2. The SMILES string of the molecule is Cc1cc2nc(N3CCOc4ccccc4C3)nc(NCCCN)c2s1. The number of hydrogen-bond donors (Lipinski definition) is 2. The van der Waals surface area contributed by atoms with Crippen molar-refractivity contribution in [3.8, 4) is 5.75 Å². The lowest BCUT2D eigenvalue weighted by Crippen LogP contribution is -2.27. The van der Waals surface area contributed by atoms with Gasteiger partial charge in [0.2, 0.25) is 5.95 Å². The summed E-state index contributed by atoms with van der Waals surface area (Å²) in [7, 11) is 0. The van der Waals surface area contributed by atoms with E-state index in [9.17, 15) is 0 Å². The third-order valence-corrected chi connectivity index (χ3v) is 5.44. The molecule has 0 aliphatic carbocycles. The van der Waals surface area contributed by atoms with Gasteiger partial charge in [-0.05, 0) is 32.0 Å². The lowest BCUT2D eigenvalue weighted by Gasteiger charge is -2.20. The number of ether oxygens (including phenoxy) is 1. The molecule has 2 aromatic heterocycles. The Morgan fingerprint density at radius 3 is 3.08 bits per heavy atom. The van der Waals surface area contributed by atoms with Crippen LogP contribution in [0.4, 0.5) is 11.8 Å². The summed E-state index contributed by atoms with van der Waals surface area (Å²) in [5, 5.41) is 3.44. The van der Waals surface area contributed by atoms with Gasteiger partial charge in [-0.25, -0.2) is 4.98 Å². The van der Waals surface area contributed by atoms with Crippen LogP contribution in [0.1, 0.15) is 16.9 Å². The van der Waals surface area contributed by atoms with E-state index in [0.29, 0.717) is 13.2 Å². The topological polar surface area (TPSA) is 76.3 Å². The van der Waals surface area contributed by atoms with Crippen LogP contribution >= 0.6 is 11.3 Å². The third kappa shape index (κ3) is 3.45. The van der Waals surface area contributed by atoms with Crippen molar-refractivity contribution in [1.29, 1.82) is 0 Å². The highest BCUT2D eigenvalue weighted by atomic mass is 32.1. The Balaban J connectivity index is 1.69. The standard InChI is InChI=1S/C19H23N5OS/c1-13-11-15-17(26-13)18(21-8-4-7-20)23-19(22-15)24-9-10-25-16-6-3-2-5-14(16)12-24/h2-3,5-6,11H,4,7-10,12,20H2,1H3,(H,21,22,23). The Labute approximate surface area is 157 Å². The van der Waals surface area contributed by atoms with Crippen molar-refractivity contribution < 1.29 is 4.74 Å². The van der Waals surface area contributed by atoms with Crippen LogP contribution in [0, 0.1) is 6.92 Å². The second kappa shape index (κ2) is 7.47. The minimum absolute atomic E-state index is 0.622. The summed E-state index contributed by atoms with van der Waals surface area (Å²) >= 11 is 1.72. The number of thiophene rings is 1. The van der Waals surface area contributed by atoms with Gasteiger partial charge in [0, 0.05) is 23.5 Å². The molecular weight excluding hydrogens is 346 g/mol. The first-order chi connectivity index (χ1) is 12.7. The molecule has 1 aliphatic heterocycles. The Morgan fingerprint density at radius 1 is 1.31 bits per heavy atom. The molecule has 0 fully saturated rings. The zero-order valence-corrected chi connectivity index (χ0v) is 15.7. The molecule has 0 spiro atoms. The monoisotopic (exact) mass is 369 g/mol. The highest BCUT2D eigenvalue weighted by molar-refractivity contribution is 7.19. The molecule has 6 nitrogen and oxygen atoms in total. The summed E-state index contributed by atoms with van der Waals surface area (Å²) in [6, 6.07) is 10.3. The highest BCUT2D eigenvalue weighted by Gasteiger charge is 2.19. The van der Waals surface area contributed by atoms with Crippen molar-refractivity contribution in [3.63, 3.8) is 0 Å². The molecule has 3 aromatic rings. The van der Waals surface area contributed by atoms with Crippen LogP contribution in [-0.4, -0.2) is 36.2 Å². The molecule has 0 atom stereocenters. The average Bonchev–Trinajstić information content (AvgIpc) is 2.89. The van der Waals surface area contributed by atoms with E-state index in [1.165, 1.54) is 4.88 Å². The molecule has 0 amide bonds. The Hall–Kier alpha value is -2.38. The normalized spacial score (nSPS) is 14.0. The largest absolute Gasteiger partial charge is 0.491 e. The van der Waals surface area contributed by atoms with Gasteiger partial charge in [-0.1, -0.05) is 18.2 Å². The van der Waals surface area contributed by atoms with Crippen molar-refractivity contribution >= 4 is 33.3 Å². The van der Waals surface area contributed by atoms with Gasteiger partial charge in [0.05, 0.1) is 16.8 Å². The van der Waals surface area contributed by atoms with E-state index < -0.39 is 0 Å². The molecule has 0 radical (unpaired) electrons. The van der Waals surface area contributed by atoms with Gasteiger partial charge in [-0.2, -0.15) is 4.98 Å². The molecule has 4 rings (SSSR count). The number of nitrogens with two attached hydrogens (primary N) is 1. The first-order valence-electron chi connectivity index (χ1n) is 8.92. The van der Waals surface area contributed by atoms with E-state index in [4.69, 9.17) is 20.4 Å². The highest BCUT2D eigenvalue weighted by Crippen LogP contribution is 2.32. The summed E-state index contributed by atoms with van der Waals surface area (Å²) in [5.74, 6) is 2.59. The molecule has 0 unspecified atom stereocenters. The maximum absolute atomic E-state index is 5.88. The Kier molecular flexibility index (Phi) is 4.90. The van der Waals surface area contributed by atoms with E-state index in [-0.39, 0.29) is 0 Å². The number of nitrogens with zero attached hydrogens (tertiary/aromatic N) is 3. The van der Waals surface area contributed by atoms with E-state index in [1.807, 2.05) is 18.2 Å². The van der Waals surface area contributed by atoms with Crippen LogP contribution in [0.3, 0.4) is 0 Å². The van der Waals surface area contributed by atoms with Gasteiger partial charge >= 0.3 is 0 Å². The van der Waals surface area contributed by atoms with Gasteiger partial charge in [-0.15, -0.1) is 11.3 Å². The first kappa shape index (κ1) is 17.1. The van der Waals surface area contributed by atoms with Crippen molar-refractivity contribution in [2.75, 3.05) is 36.5 Å². The summed E-state index contributed by atoms with van der Waals surface area (Å²) in [6.45, 7) is 5.70. The number of para-hydroxylation sites is 1. The van der Waals surface area contributed by atoms with E-state index in [2.05, 4.69) is 29.3 Å². The zero-order valence-electron chi connectivity index (χ0n) is 14.9. The smallest absolute Gasteiger partial charge is 0.228 e. The van der Waals surface area contributed by atoms with Crippen molar-refractivity contribution in [3.05, 3.63) is 40.8 Å². The second-order valence-corrected chi connectivity index (χ2v) is 7.65. The number of fused-ring (bicyclic) bond motifs is 2. The molecular formula is C19H23N5OS. The summed E-state index contributed by atoms with van der Waals surface area (Å²) in [6.07, 6.45) is 0.913. The number of nitrogens with one attached hydrogen (secondary N) is 1. The van der Waals surface area contributed by atoms with Gasteiger partial charge < -0.3 is 20.7 Å². The average molecular weight is 369 g/mol. The van der Waals surface area contributed by atoms with Crippen molar-refractivity contribution in [2.45, 2.75) is 19.9 Å². The molecule has 136 valence electrons. The zero-order chi connectivity index (χ0) is 17.9. The minimum atomic E-state index is 0.622. The molecule has 0 saturated carbocycles. The van der Waals surface area contributed by atoms with Crippen LogP contribution in [-0.2, 0) is 6.54 Å². The van der Waals surface area contributed by atoms with Crippen LogP contribution in [0.15, 0.2) is 30.3 Å². The number of anilines is 2. The van der Waals surface area contributed by atoms with Gasteiger partial charge in [0.1, 0.15) is 18.2 Å². The molecule has 0 saturated heterocycles. The maximum atomic E-state index is 5.88. The third-order valence-electron chi connectivity index (χ3n) is 4.39. The number of aromatic nitrogens is 2. The predicted molar refractivity (Wildman–Crippen MR) is 107 cm³/mol.